The number of hydrogen-bond donors (Lipinski definition) is 1. The standard InChI is InChI=1S/C18H28N2O3/c1-22-14-12-19-11-9-16-7-8-18(21)20(16)13-10-15-5-3-4-6-17(15)23-2/h3-6,16,19H,7-14H2,1-2H3. The highest BCUT2D eigenvalue weighted by molar-refractivity contribution is 5.78. The largest absolute Gasteiger partial charge is 0.496 e. The van der Waals surface area contributed by atoms with Crippen LogP contribution in [0.1, 0.15) is 24.8 Å². The molecule has 1 aliphatic rings. The lowest BCUT2D eigenvalue weighted by molar-refractivity contribution is -0.129. The van der Waals surface area contributed by atoms with Gasteiger partial charge in [0.25, 0.3) is 0 Å². The fraction of sp³-hybridized carbons (Fsp3) is 0.611. The van der Waals surface area contributed by atoms with Gasteiger partial charge in [-0.05, 0) is 37.4 Å². The number of amides is 1. The van der Waals surface area contributed by atoms with Gasteiger partial charge in [0.15, 0.2) is 0 Å². The highest BCUT2D eigenvalue weighted by Gasteiger charge is 2.30. The summed E-state index contributed by atoms with van der Waals surface area (Å²) in [5.74, 6) is 1.18. The van der Waals surface area contributed by atoms with Gasteiger partial charge in [0.1, 0.15) is 5.75 Å². The van der Waals surface area contributed by atoms with Crippen LogP contribution in [0.2, 0.25) is 0 Å². The number of para-hydroxylation sites is 1. The van der Waals surface area contributed by atoms with E-state index in [9.17, 15) is 4.79 Å². The first kappa shape index (κ1) is 17.8. The van der Waals surface area contributed by atoms with Crippen LogP contribution in [0, 0.1) is 0 Å². The molecular formula is C18H28N2O3. The van der Waals surface area contributed by atoms with Crippen molar-refractivity contribution in [2.45, 2.75) is 31.7 Å². The Balaban J connectivity index is 1.82. The smallest absolute Gasteiger partial charge is 0.222 e. The summed E-state index contributed by atoms with van der Waals surface area (Å²) < 4.78 is 10.4. The van der Waals surface area contributed by atoms with Crippen molar-refractivity contribution >= 4 is 5.91 Å². The van der Waals surface area contributed by atoms with E-state index in [1.165, 1.54) is 0 Å². The molecule has 2 rings (SSSR count). The number of methoxy groups -OCH3 is 2. The van der Waals surface area contributed by atoms with Crippen LogP contribution in [0.5, 0.6) is 5.75 Å². The monoisotopic (exact) mass is 320 g/mol. The summed E-state index contributed by atoms with van der Waals surface area (Å²) in [4.78, 5) is 14.2. The minimum absolute atomic E-state index is 0.279. The number of likely N-dealkylation sites (tertiary alicyclic amines) is 1. The third-order valence-electron chi connectivity index (χ3n) is 4.40. The van der Waals surface area contributed by atoms with E-state index in [0.29, 0.717) is 12.5 Å². The summed E-state index contributed by atoms with van der Waals surface area (Å²) in [6.45, 7) is 3.27. The summed E-state index contributed by atoms with van der Waals surface area (Å²) in [7, 11) is 3.39. The fourth-order valence-electron chi connectivity index (χ4n) is 3.12. The minimum atomic E-state index is 0.279. The van der Waals surface area contributed by atoms with E-state index in [1.807, 2.05) is 23.1 Å². The zero-order valence-corrected chi connectivity index (χ0v) is 14.2. The number of ether oxygens (including phenoxy) is 2. The molecule has 1 fully saturated rings. The SMILES string of the molecule is COCCNCCC1CCC(=O)N1CCc1ccccc1OC. The maximum absolute atomic E-state index is 12.1. The molecule has 1 heterocycles. The number of rotatable bonds is 10. The number of benzene rings is 1. The highest BCUT2D eigenvalue weighted by Crippen LogP contribution is 2.23. The van der Waals surface area contributed by atoms with E-state index in [2.05, 4.69) is 11.4 Å². The maximum atomic E-state index is 12.1. The van der Waals surface area contributed by atoms with Crippen molar-refractivity contribution < 1.29 is 14.3 Å². The maximum Gasteiger partial charge on any atom is 0.222 e. The number of carbonyl (C=O) groups is 1. The molecule has 1 aromatic carbocycles. The summed E-state index contributed by atoms with van der Waals surface area (Å²) in [5.41, 5.74) is 1.16. The Morgan fingerprint density at radius 2 is 2.09 bits per heavy atom. The zero-order chi connectivity index (χ0) is 16.5. The van der Waals surface area contributed by atoms with Gasteiger partial charge >= 0.3 is 0 Å². The van der Waals surface area contributed by atoms with Gasteiger partial charge in [-0.1, -0.05) is 18.2 Å². The number of carbonyl (C=O) groups excluding carboxylic acids is 1. The molecule has 1 amide bonds. The van der Waals surface area contributed by atoms with Crippen molar-refractivity contribution in [3.63, 3.8) is 0 Å². The third kappa shape index (κ3) is 5.22. The summed E-state index contributed by atoms with van der Waals surface area (Å²) in [5, 5.41) is 3.36. The van der Waals surface area contributed by atoms with Crippen molar-refractivity contribution in [1.29, 1.82) is 0 Å². The molecule has 0 saturated carbocycles. The molecule has 0 bridgehead atoms. The van der Waals surface area contributed by atoms with Gasteiger partial charge in [-0.2, -0.15) is 0 Å². The molecule has 0 aliphatic carbocycles. The van der Waals surface area contributed by atoms with Gasteiger partial charge in [0, 0.05) is 32.7 Å². The summed E-state index contributed by atoms with van der Waals surface area (Å²) in [6, 6.07) is 8.38. The van der Waals surface area contributed by atoms with E-state index in [1.54, 1.807) is 14.2 Å². The van der Waals surface area contributed by atoms with Crippen LogP contribution in [-0.2, 0) is 16.0 Å². The summed E-state index contributed by atoms with van der Waals surface area (Å²) >= 11 is 0. The molecule has 1 unspecified atom stereocenters. The zero-order valence-electron chi connectivity index (χ0n) is 14.2. The summed E-state index contributed by atoms with van der Waals surface area (Å²) in [6.07, 6.45) is 3.48. The lowest BCUT2D eigenvalue weighted by atomic mass is 10.1. The normalized spacial score (nSPS) is 17.7. The molecule has 1 N–H and O–H groups in total. The van der Waals surface area contributed by atoms with Gasteiger partial charge in [-0.25, -0.2) is 0 Å². The second-order valence-corrected chi connectivity index (χ2v) is 5.87. The Labute approximate surface area is 139 Å². The van der Waals surface area contributed by atoms with Crippen molar-refractivity contribution in [3.8, 4) is 5.75 Å². The van der Waals surface area contributed by atoms with Gasteiger partial charge in [-0.3, -0.25) is 4.79 Å². The lowest BCUT2D eigenvalue weighted by Crippen LogP contribution is -2.37. The molecule has 0 aromatic heterocycles. The number of nitrogens with one attached hydrogen (secondary N) is 1. The van der Waals surface area contributed by atoms with Crippen molar-refractivity contribution in [2.75, 3.05) is 40.5 Å². The topological polar surface area (TPSA) is 50.8 Å². The Kier molecular flexibility index (Phi) is 7.36. The highest BCUT2D eigenvalue weighted by atomic mass is 16.5. The molecule has 1 atom stereocenters. The predicted octanol–water partition coefficient (Wildman–Crippen LogP) is 1.85. The molecule has 5 heteroatoms. The number of hydrogen-bond acceptors (Lipinski definition) is 4. The molecule has 23 heavy (non-hydrogen) atoms. The van der Waals surface area contributed by atoms with E-state index in [0.717, 1.165) is 56.8 Å². The molecule has 128 valence electrons. The van der Waals surface area contributed by atoms with E-state index >= 15 is 0 Å². The van der Waals surface area contributed by atoms with Crippen LogP contribution in [0.25, 0.3) is 0 Å². The Morgan fingerprint density at radius 1 is 1.26 bits per heavy atom. The Bertz CT molecular complexity index is 493. The van der Waals surface area contributed by atoms with Gasteiger partial charge in [0.05, 0.1) is 13.7 Å². The minimum Gasteiger partial charge on any atom is -0.496 e. The fourth-order valence-corrected chi connectivity index (χ4v) is 3.12. The van der Waals surface area contributed by atoms with Gasteiger partial charge < -0.3 is 19.7 Å². The molecule has 0 spiro atoms. The lowest BCUT2D eigenvalue weighted by Gasteiger charge is -2.25. The first-order valence-electron chi connectivity index (χ1n) is 8.37. The average molecular weight is 320 g/mol. The Hall–Kier alpha value is -1.59. The van der Waals surface area contributed by atoms with Crippen LogP contribution < -0.4 is 10.1 Å². The second-order valence-electron chi connectivity index (χ2n) is 5.87. The second kappa shape index (κ2) is 9.53. The van der Waals surface area contributed by atoms with E-state index < -0.39 is 0 Å². The molecule has 5 nitrogen and oxygen atoms in total. The average Bonchev–Trinajstić information content (AvgIpc) is 2.93. The van der Waals surface area contributed by atoms with Crippen LogP contribution in [-0.4, -0.2) is 57.3 Å². The van der Waals surface area contributed by atoms with Crippen LogP contribution in [0.3, 0.4) is 0 Å². The van der Waals surface area contributed by atoms with E-state index in [4.69, 9.17) is 9.47 Å². The predicted molar refractivity (Wildman–Crippen MR) is 90.8 cm³/mol. The van der Waals surface area contributed by atoms with Gasteiger partial charge in [-0.15, -0.1) is 0 Å². The van der Waals surface area contributed by atoms with Crippen molar-refractivity contribution in [2.24, 2.45) is 0 Å². The molecule has 0 radical (unpaired) electrons. The van der Waals surface area contributed by atoms with Crippen LogP contribution in [0.15, 0.2) is 24.3 Å². The third-order valence-corrected chi connectivity index (χ3v) is 4.40. The van der Waals surface area contributed by atoms with Crippen LogP contribution in [0.4, 0.5) is 0 Å². The van der Waals surface area contributed by atoms with Crippen LogP contribution >= 0.6 is 0 Å². The van der Waals surface area contributed by atoms with Gasteiger partial charge in [0.2, 0.25) is 5.91 Å². The van der Waals surface area contributed by atoms with E-state index in [-0.39, 0.29) is 5.91 Å². The molecular weight excluding hydrogens is 292 g/mol. The molecule has 1 aliphatic heterocycles. The molecule has 1 saturated heterocycles. The van der Waals surface area contributed by atoms with Crippen molar-refractivity contribution in [3.05, 3.63) is 29.8 Å². The quantitative estimate of drug-likeness (QED) is 0.669. The van der Waals surface area contributed by atoms with Crippen molar-refractivity contribution in [1.82, 2.24) is 10.2 Å². The first-order valence-corrected chi connectivity index (χ1v) is 8.37. The Morgan fingerprint density at radius 3 is 2.87 bits per heavy atom. The molecule has 1 aromatic rings. The number of nitrogens with zero attached hydrogens (tertiary/aromatic N) is 1. The first-order chi connectivity index (χ1) is 11.3.